The minimum Gasteiger partial charge on any atom is -0.361 e. The second-order valence-electron chi connectivity index (χ2n) is 7.84. The average molecular weight is 393 g/mol. The van der Waals surface area contributed by atoms with Crippen LogP contribution in [0.1, 0.15) is 49.4 Å². The highest BCUT2D eigenvalue weighted by atomic mass is 16.5. The van der Waals surface area contributed by atoms with Crippen molar-refractivity contribution < 1.29 is 9.32 Å². The normalized spacial score (nSPS) is 21.9. The molecular formula is C20H23N7O2. The zero-order valence-electron chi connectivity index (χ0n) is 16.4. The van der Waals surface area contributed by atoms with Crippen LogP contribution in [-0.4, -0.2) is 41.7 Å². The van der Waals surface area contributed by atoms with Gasteiger partial charge >= 0.3 is 0 Å². The number of H-pyrrole nitrogens is 1. The molecular weight excluding hydrogens is 370 g/mol. The van der Waals surface area contributed by atoms with Crippen molar-refractivity contribution >= 4 is 22.7 Å². The van der Waals surface area contributed by atoms with Gasteiger partial charge in [0.1, 0.15) is 11.6 Å². The maximum absolute atomic E-state index is 12.5. The Morgan fingerprint density at radius 3 is 3.07 bits per heavy atom. The predicted octanol–water partition coefficient (Wildman–Crippen LogP) is 2.53. The molecule has 3 atom stereocenters. The fraction of sp³-hybridized carbons (Fsp3) is 0.450. The lowest BCUT2D eigenvalue weighted by Crippen LogP contribution is -2.34. The van der Waals surface area contributed by atoms with E-state index >= 15 is 0 Å². The Labute approximate surface area is 166 Å². The van der Waals surface area contributed by atoms with Gasteiger partial charge < -0.3 is 14.8 Å². The molecule has 1 amide bonds. The number of rotatable bonds is 5. The molecule has 9 heteroatoms. The number of aryl methyl sites for hydroxylation is 1. The summed E-state index contributed by atoms with van der Waals surface area (Å²) in [5.74, 6) is 2.16. The summed E-state index contributed by atoms with van der Waals surface area (Å²) in [4.78, 5) is 20.0. The highest BCUT2D eigenvalue weighted by molar-refractivity contribution is 5.78. The molecule has 0 radical (unpaired) electrons. The van der Waals surface area contributed by atoms with Gasteiger partial charge in [-0.1, -0.05) is 18.5 Å². The van der Waals surface area contributed by atoms with Crippen molar-refractivity contribution in [3.05, 3.63) is 41.8 Å². The van der Waals surface area contributed by atoms with Gasteiger partial charge in [-0.15, -0.1) is 10.2 Å². The molecule has 1 aliphatic rings. The van der Waals surface area contributed by atoms with E-state index in [-0.39, 0.29) is 24.3 Å². The van der Waals surface area contributed by atoms with E-state index in [1.807, 2.05) is 19.2 Å². The molecule has 0 bridgehead atoms. The van der Waals surface area contributed by atoms with Crippen LogP contribution in [0.3, 0.4) is 0 Å². The van der Waals surface area contributed by atoms with Crippen LogP contribution in [0.15, 0.2) is 29.0 Å². The minimum absolute atomic E-state index is 0.0371. The lowest BCUT2D eigenvalue weighted by molar-refractivity contribution is -0.121. The highest BCUT2D eigenvalue weighted by Gasteiger charge is 2.37. The molecule has 0 aromatic carbocycles. The summed E-state index contributed by atoms with van der Waals surface area (Å²) in [6.45, 7) is 4.04. The molecule has 1 fully saturated rings. The first kappa shape index (κ1) is 17.8. The third-order valence-corrected chi connectivity index (χ3v) is 5.89. The van der Waals surface area contributed by atoms with Crippen molar-refractivity contribution in [2.45, 2.75) is 51.5 Å². The molecule has 0 saturated heterocycles. The van der Waals surface area contributed by atoms with Crippen molar-refractivity contribution in [1.82, 2.24) is 35.0 Å². The zero-order valence-corrected chi connectivity index (χ0v) is 16.4. The van der Waals surface area contributed by atoms with E-state index in [4.69, 9.17) is 4.52 Å². The Balaban J connectivity index is 1.38. The van der Waals surface area contributed by atoms with Gasteiger partial charge in [0.05, 0.1) is 23.8 Å². The first-order valence-corrected chi connectivity index (χ1v) is 10.0. The Bertz CT molecular complexity index is 1170. The van der Waals surface area contributed by atoms with Crippen molar-refractivity contribution in [2.75, 3.05) is 0 Å². The van der Waals surface area contributed by atoms with Crippen molar-refractivity contribution in [2.24, 2.45) is 5.92 Å². The van der Waals surface area contributed by atoms with Gasteiger partial charge in [-0.3, -0.25) is 9.20 Å². The molecule has 0 unspecified atom stereocenters. The monoisotopic (exact) mass is 393 g/mol. The Kier molecular flexibility index (Phi) is 4.30. The first-order valence-electron chi connectivity index (χ1n) is 10.0. The third-order valence-electron chi connectivity index (χ3n) is 5.89. The molecule has 4 aromatic rings. The van der Waals surface area contributed by atoms with Crippen LogP contribution >= 0.6 is 0 Å². The summed E-state index contributed by atoms with van der Waals surface area (Å²) in [5.41, 5.74) is 3.32. The summed E-state index contributed by atoms with van der Waals surface area (Å²) < 4.78 is 7.25. The summed E-state index contributed by atoms with van der Waals surface area (Å²) >= 11 is 0. The Hall–Kier alpha value is -3.23. The Morgan fingerprint density at radius 1 is 1.38 bits per heavy atom. The number of hydrogen-bond donors (Lipinski definition) is 2. The lowest BCUT2D eigenvalue weighted by atomic mass is 9.93. The van der Waals surface area contributed by atoms with Gasteiger partial charge in [-0.05, 0) is 31.7 Å². The van der Waals surface area contributed by atoms with Crippen LogP contribution in [0, 0.1) is 12.8 Å². The highest BCUT2D eigenvalue weighted by Crippen LogP contribution is 2.41. The van der Waals surface area contributed by atoms with E-state index in [2.05, 4.69) is 42.0 Å². The van der Waals surface area contributed by atoms with E-state index < -0.39 is 0 Å². The van der Waals surface area contributed by atoms with Crippen LogP contribution in [0.25, 0.3) is 16.8 Å². The minimum atomic E-state index is -0.0371. The van der Waals surface area contributed by atoms with E-state index in [1.54, 1.807) is 12.3 Å². The van der Waals surface area contributed by atoms with Gasteiger partial charge in [-0.2, -0.15) is 0 Å². The molecule has 29 heavy (non-hydrogen) atoms. The molecule has 0 spiro atoms. The number of aromatic nitrogens is 6. The summed E-state index contributed by atoms with van der Waals surface area (Å²) in [6, 6.07) is 3.90. The quantitative estimate of drug-likeness (QED) is 0.539. The van der Waals surface area contributed by atoms with E-state index in [9.17, 15) is 4.79 Å². The van der Waals surface area contributed by atoms with Gasteiger partial charge in [0, 0.05) is 24.2 Å². The Morgan fingerprint density at radius 2 is 2.28 bits per heavy atom. The molecule has 9 nitrogen and oxygen atoms in total. The standard InChI is InChI=1S/C20H23N7O2/c1-3-12-7-13(23-18(28)9-14-6-11(2)26-29-14)8-15(12)20-25-24-17-10-22-19-16(27(17)20)4-5-21-19/h4-6,10,12-13,15,21H,3,7-9H2,1-2H3,(H,23,28)/t12-,13+,15+/m1/s1. The zero-order chi connectivity index (χ0) is 20.0. The second kappa shape index (κ2) is 6.98. The number of carbonyl (C=O) groups is 1. The molecule has 5 rings (SSSR count). The van der Waals surface area contributed by atoms with E-state index in [1.165, 1.54) is 0 Å². The number of nitrogens with zero attached hydrogens (tertiary/aromatic N) is 5. The van der Waals surface area contributed by atoms with E-state index in [0.29, 0.717) is 11.7 Å². The van der Waals surface area contributed by atoms with Crippen molar-refractivity contribution in [3.8, 4) is 0 Å². The summed E-state index contributed by atoms with van der Waals surface area (Å²) in [5, 5.41) is 15.9. The van der Waals surface area contributed by atoms with Crippen molar-refractivity contribution in [1.29, 1.82) is 0 Å². The van der Waals surface area contributed by atoms with E-state index in [0.717, 1.165) is 47.6 Å². The fourth-order valence-corrected chi connectivity index (χ4v) is 4.58. The molecule has 1 saturated carbocycles. The van der Waals surface area contributed by atoms with Gasteiger partial charge in [-0.25, -0.2) is 4.98 Å². The topological polar surface area (TPSA) is 114 Å². The fourth-order valence-electron chi connectivity index (χ4n) is 4.58. The molecule has 4 heterocycles. The maximum Gasteiger partial charge on any atom is 0.227 e. The van der Waals surface area contributed by atoms with Crippen LogP contribution in [0.4, 0.5) is 0 Å². The molecule has 4 aromatic heterocycles. The molecule has 0 aliphatic heterocycles. The van der Waals surface area contributed by atoms with Gasteiger partial charge in [0.2, 0.25) is 5.91 Å². The van der Waals surface area contributed by atoms with Crippen LogP contribution in [0.5, 0.6) is 0 Å². The van der Waals surface area contributed by atoms with Crippen LogP contribution < -0.4 is 5.32 Å². The summed E-state index contributed by atoms with van der Waals surface area (Å²) in [7, 11) is 0. The SMILES string of the molecule is CC[C@@H]1C[C@H](NC(=O)Cc2cc(C)no2)C[C@@H]1c1nnc2cnc3[nH]ccc3n12. The number of nitrogens with one attached hydrogen (secondary N) is 2. The number of hydrogen-bond acceptors (Lipinski definition) is 6. The molecule has 2 N–H and O–H groups in total. The average Bonchev–Trinajstić information content (AvgIpc) is 3.46. The third kappa shape index (κ3) is 3.16. The maximum atomic E-state index is 12.5. The number of aromatic amines is 1. The predicted molar refractivity (Wildman–Crippen MR) is 105 cm³/mol. The van der Waals surface area contributed by atoms with Crippen LogP contribution in [-0.2, 0) is 11.2 Å². The first-order chi connectivity index (χ1) is 14.1. The smallest absolute Gasteiger partial charge is 0.227 e. The summed E-state index contributed by atoms with van der Waals surface area (Å²) in [6.07, 6.45) is 6.62. The van der Waals surface area contributed by atoms with Gasteiger partial charge in [0.25, 0.3) is 0 Å². The lowest BCUT2D eigenvalue weighted by Gasteiger charge is -2.15. The number of fused-ring (bicyclic) bond motifs is 3. The van der Waals surface area contributed by atoms with Crippen molar-refractivity contribution in [3.63, 3.8) is 0 Å². The molecule has 1 aliphatic carbocycles. The van der Waals surface area contributed by atoms with Crippen LogP contribution in [0.2, 0.25) is 0 Å². The van der Waals surface area contributed by atoms with Gasteiger partial charge in [0.15, 0.2) is 11.3 Å². The second-order valence-corrected chi connectivity index (χ2v) is 7.84. The largest absolute Gasteiger partial charge is 0.361 e. The number of carbonyl (C=O) groups excluding carboxylic acids is 1. The molecule has 150 valence electrons. The number of amides is 1.